The van der Waals surface area contributed by atoms with E-state index in [9.17, 15) is 0 Å². The van der Waals surface area contributed by atoms with Gasteiger partial charge in [0.1, 0.15) is 11.5 Å². The Balaban J connectivity index is 1.92. The highest BCUT2D eigenvalue weighted by atomic mass is 32.1. The van der Waals surface area contributed by atoms with Crippen LogP contribution in [0.3, 0.4) is 0 Å². The van der Waals surface area contributed by atoms with Crippen molar-refractivity contribution in [2.45, 2.75) is 6.92 Å². The van der Waals surface area contributed by atoms with E-state index in [1.54, 1.807) is 17.5 Å². The Morgan fingerprint density at radius 2 is 1.91 bits per heavy atom. The first-order valence-corrected chi connectivity index (χ1v) is 7.85. The number of pyridine rings is 1. The average Bonchev–Trinajstić information content (AvgIpc) is 3.10. The first-order chi connectivity index (χ1) is 10.7. The molecule has 0 saturated heterocycles. The van der Waals surface area contributed by atoms with E-state index in [1.165, 1.54) is 5.56 Å². The molecule has 3 aromatic heterocycles. The van der Waals surface area contributed by atoms with E-state index in [0.29, 0.717) is 5.82 Å². The Morgan fingerprint density at radius 1 is 1.09 bits per heavy atom. The van der Waals surface area contributed by atoms with Gasteiger partial charge >= 0.3 is 0 Å². The summed E-state index contributed by atoms with van der Waals surface area (Å²) in [6, 6.07) is 12.2. The number of nitrogen functional groups attached to an aromatic ring is 1. The van der Waals surface area contributed by atoms with Crippen LogP contribution in [0.15, 0.2) is 54.2 Å². The molecule has 108 valence electrons. The molecule has 0 atom stereocenters. The van der Waals surface area contributed by atoms with Crippen molar-refractivity contribution < 1.29 is 0 Å². The molecule has 1 aromatic carbocycles. The molecule has 0 saturated carbocycles. The van der Waals surface area contributed by atoms with Crippen LogP contribution in [0, 0.1) is 6.92 Å². The lowest BCUT2D eigenvalue weighted by atomic mass is 10.1. The van der Waals surface area contributed by atoms with Crippen molar-refractivity contribution >= 4 is 22.1 Å². The molecule has 0 aliphatic carbocycles. The molecule has 4 rings (SSSR count). The third-order valence-corrected chi connectivity index (χ3v) is 4.51. The average molecular weight is 306 g/mol. The van der Waals surface area contributed by atoms with Gasteiger partial charge in [-0.2, -0.15) is 0 Å². The number of thiazole rings is 1. The van der Waals surface area contributed by atoms with Crippen LogP contribution >= 0.6 is 11.3 Å². The molecular weight excluding hydrogens is 292 g/mol. The summed E-state index contributed by atoms with van der Waals surface area (Å²) in [5.41, 5.74) is 11.5. The minimum atomic E-state index is 0.666. The van der Waals surface area contributed by atoms with Gasteiger partial charge in [-0.05, 0) is 19.1 Å². The lowest BCUT2D eigenvalue weighted by molar-refractivity contribution is 1.23. The van der Waals surface area contributed by atoms with Gasteiger partial charge in [0.05, 0.1) is 5.69 Å². The monoisotopic (exact) mass is 306 g/mol. The maximum absolute atomic E-state index is 6.38. The number of fused-ring (bicyclic) bond motifs is 1. The number of aryl methyl sites for hydroxylation is 1. The van der Waals surface area contributed by atoms with Gasteiger partial charge < -0.3 is 5.73 Å². The fourth-order valence-corrected chi connectivity index (χ4v) is 3.42. The van der Waals surface area contributed by atoms with Gasteiger partial charge in [0, 0.05) is 28.9 Å². The van der Waals surface area contributed by atoms with Crippen molar-refractivity contribution in [1.82, 2.24) is 14.4 Å². The highest BCUT2D eigenvalue weighted by Crippen LogP contribution is 2.34. The van der Waals surface area contributed by atoms with E-state index in [-0.39, 0.29) is 0 Å². The summed E-state index contributed by atoms with van der Waals surface area (Å²) in [5, 5.41) is 2.06. The molecule has 0 aliphatic rings. The van der Waals surface area contributed by atoms with Crippen LogP contribution < -0.4 is 5.73 Å². The summed E-state index contributed by atoms with van der Waals surface area (Å²) >= 11 is 1.59. The van der Waals surface area contributed by atoms with Gasteiger partial charge in [-0.1, -0.05) is 29.8 Å². The zero-order valence-corrected chi connectivity index (χ0v) is 12.8. The van der Waals surface area contributed by atoms with Crippen LogP contribution in [-0.4, -0.2) is 14.4 Å². The molecular formula is C17H14N4S. The number of benzene rings is 1. The fourth-order valence-electron chi connectivity index (χ4n) is 2.52. The summed E-state index contributed by atoms with van der Waals surface area (Å²) in [4.78, 5) is 9.77. The van der Waals surface area contributed by atoms with Crippen molar-refractivity contribution in [1.29, 1.82) is 0 Å². The molecule has 22 heavy (non-hydrogen) atoms. The van der Waals surface area contributed by atoms with Gasteiger partial charge in [0.25, 0.3) is 0 Å². The Hall–Kier alpha value is -2.66. The number of hydrogen-bond acceptors (Lipinski definition) is 4. The van der Waals surface area contributed by atoms with Crippen LogP contribution in [0.25, 0.3) is 27.5 Å². The van der Waals surface area contributed by atoms with Crippen LogP contribution in [0.5, 0.6) is 0 Å². The van der Waals surface area contributed by atoms with Gasteiger partial charge in [-0.3, -0.25) is 9.38 Å². The van der Waals surface area contributed by atoms with Crippen molar-refractivity contribution in [2.75, 3.05) is 5.73 Å². The first kappa shape index (κ1) is 13.0. The maximum atomic E-state index is 6.38. The predicted octanol–water partition coefficient (Wildman–Crippen LogP) is 4.02. The van der Waals surface area contributed by atoms with E-state index in [2.05, 4.69) is 41.6 Å². The lowest BCUT2D eigenvalue weighted by Crippen LogP contribution is -1.95. The molecule has 0 fully saturated rings. The molecule has 4 nitrogen and oxygen atoms in total. The highest BCUT2D eigenvalue weighted by Gasteiger charge is 2.16. The quantitative estimate of drug-likeness (QED) is 0.608. The summed E-state index contributed by atoms with van der Waals surface area (Å²) in [5.74, 6) is 0.666. The topological polar surface area (TPSA) is 56.2 Å². The van der Waals surface area contributed by atoms with E-state index in [0.717, 1.165) is 27.5 Å². The molecule has 5 heteroatoms. The predicted molar refractivity (Wildman–Crippen MR) is 90.9 cm³/mol. The van der Waals surface area contributed by atoms with E-state index in [1.807, 2.05) is 22.7 Å². The Kier molecular flexibility index (Phi) is 2.94. The minimum absolute atomic E-state index is 0.666. The molecule has 0 unspecified atom stereocenters. The second-order valence-corrected chi connectivity index (χ2v) is 6.03. The highest BCUT2D eigenvalue weighted by molar-refractivity contribution is 7.15. The molecule has 0 bridgehead atoms. The first-order valence-electron chi connectivity index (χ1n) is 6.97. The van der Waals surface area contributed by atoms with Crippen LogP contribution in [0.1, 0.15) is 5.56 Å². The number of aromatic nitrogens is 3. The Bertz CT molecular complexity index is 936. The number of nitrogens with two attached hydrogens (primary N) is 1. The molecule has 2 N–H and O–H groups in total. The maximum Gasteiger partial charge on any atom is 0.196 e. The van der Waals surface area contributed by atoms with E-state index < -0.39 is 0 Å². The zero-order chi connectivity index (χ0) is 15.1. The van der Waals surface area contributed by atoms with Crippen molar-refractivity contribution in [3.63, 3.8) is 0 Å². The number of rotatable bonds is 2. The Labute approximate surface area is 131 Å². The molecule has 0 spiro atoms. The summed E-state index contributed by atoms with van der Waals surface area (Å²) in [6.45, 7) is 2.07. The van der Waals surface area contributed by atoms with Gasteiger partial charge in [0.15, 0.2) is 4.96 Å². The van der Waals surface area contributed by atoms with E-state index >= 15 is 0 Å². The second-order valence-electron chi connectivity index (χ2n) is 5.19. The van der Waals surface area contributed by atoms with Crippen molar-refractivity contribution in [3.8, 4) is 22.5 Å². The molecule has 4 aromatic rings. The largest absolute Gasteiger partial charge is 0.383 e. The minimum Gasteiger partial charge on any atom is -0.383 e. The number of hydrogen-bond donors (Lipinski definition) is 1. The normalized spacial score (nSPS) is 11.1. The second kappa shape index (κ2) is 4.96. The third-order valence-electron chi connectivity index (χ3n) is 3.68. The van der Waals surface area contributed by atoms with Gasteiger partial charge in [0.2, 0.25) is 0 Å². The summed E-state index contributed by atoms with van der Waals surface area (Å²) in [7, 11) is 0. The standard InChI is InChI=1S/C17H14N4S/c1-11-4-6-12(7-5-11)15-16(18)21-14(10-22-17(21)20-15)13-3-2-8-19-9-13/h2-10H,18H2,1H3. The van der Waals surface area contributed by atoms with Crippen LogP contribution in [0.2, 0.25) is 0 Å². The number of anilines is 1. The third kappa shape index (κ3) is 1.98. The number of imidazole rings is 1. The van der Waals surface area contributed by atoms with Gasteiger partial charge in [-0.25, -0.2) is 4.98 Å². The number of nitrogens with zero attached hydrogens (tertiary/aromatic N) is 3. The SMILES string of the molecule is Cc1ccc(-c2nc3scc(-c4cccnc4)n3c2N)cc1. The van der Waals surface area contributed by atoms with Crippen LogP contribution in [-0.2, 0) is 0 Å². The summed E-state index contributed by atoms with van der Waals surface area (Å²) in [6.07, 6.45) is 3.61. The lowest BCUT2D eigenvalue weighted by Gasteiger charge is -2.03. The van der Waals surface area contributed by atoms with Crippen molar-refractivity contribution in [3.05, 3.63) is 59.7 Å². The summed E-state index contributed by atoms with van der Waals surface area (Å²) < 4.78 is 2.00. The van der Waals surface area contributed by atoms with Crippen LogP contribution in [0.4, 0.5) is 5.82 Å². The smallest absolute Gasteiger partial charge is 0.196 e. The molecule has 0 radical (unpaired) electrons. The van der Waals surface area contributed by atoms with E-state index in [4.69, 9.17) is 10.7 Å². The molecule has 0 aliphatic heterocycles. The molecule has 3 heterocycles. The zero-order valence-electron chi connectivity index (χ0n) is 12.0. The Morgan fingerprint density at radius 3 is 2.64 bits per heavy atom. The van der Waals surface area contributed by atoms with Crippen molar-refractivity contribution in [2.24, 2.45) is 0 Å². The van der Waals surface area contributed by atoms with Gasteiger partial charge in [-0.15, -0.1) is 11.3 Å². The fraction of sp³-hybridized carbons (Fsp3) is 0.0588. The molecule has 0 amide bonds.